The predicted octanol–water partition coefficient (Wildman–Crippen LogP) is 5.47. The molecule has 1 aromatic carbocycles. The number of aromatic amines is 1. The van der Waals surface area contributed by atoms with Gasteiger partial charge in [0.25, 0.3) is 5.56 Å². The number of H-pyrrole nitrogens is 1. The standard InChI is InChI=1S/C31H36F2N6O/c1-20-5-4-10-38(14-20)15-23-12-25-26(21-8-9-21)16-39(29(40)28(25)35-23)24-7-3-6-22(11-24)30(17-31(32,33)18-30)13-27-36-34-19-37(27)2/h3,6-7,11-12,16,19-21,35H,4-5,8-10,13-15,17-18H2,1-2H3/t20-/m0/s1. The van der Waals surface area contributed by atoms with Gasteiger partial charge in [-0.3, -0.25) is 14.3 Å². The first kappa shape index (κ1) is 25.6. The first-order chi connectivity index (χ1) is 19.2. The van der Waals surface area contributed by atoms with Crippen molar-refractivity contribution >= 4 is 10.9 Å². The van der Waals surface area contributed by atoms with Gasteiger partial charge in [-0.1, -0.05) is 19.1 Å². The highest BCUT2D eigenvalue weighted by Gasteiger charge is 2.57. The van der Waals surface area contributed by atoms with Gasteiger partial charge in [0.1, 0.15) is 17.7 Å². The molecule has 4 heterocycles. The summed E-state index contributed by atoms with van der Waals surface area (Å²) in [6.45, 7) is 5.28. The van der Waals surface area contributed by atoms with E-state index < -0.39 is 11.3 Å². The van der Waals surface area contributed by atoms with Crippen molar-refractivity contribution in [1.82, 2.24) is 29.2 Å². The van der Waals surface area contributed by atoms with Gasteiger partial charge in [0, 0.05) is 67.8 Å². The van der Waals surface area contributed by atoms with Crippen LogP contribution < -0.4 is 5.56 Å². The summed E-state index contributed by atoms with van der Waals surface area (Å²) < 4.78 is 32.2. The minimum atomic E-state index is -2.71. The zero-order valence-electron chi connectivity index (χ0n) is 23.2. The van der Waals surface area contributed by atoms with Crippen molar-refractivity contribution in [2.75, 3.05) is 13.1 Å². The molecule has 3 aromatic heterocycles. The van der Waals surface area contributed by atoms with Crippen LogP contribution in [0.5, 0.6) is 0 Å². The monoisotopic (exact) mass is 546 g/mol. The lowest BCUT2D eigenvalue weighted by Gasteiger charge is -2.47. The second-order valence-corrected chi connectivity index (χ2v) is 12.7. The van der Waals surface area contributed by atoms with E-state index in [2.05, 4.69) is 33.1 Å². The molecule has 1 saturated heterocycles. The van der Waals surface area contributed by atoms with E-state index >= 15 is 0 Å². The van der Waals surface area contributed by atoms with Crippen molar-refractivity contribution in [3.63, 3.8) is 0 Å². The van der Waals surface area contributed by atoms with Gasteiger partial charge in [0.2, 0.25) is 5.92 Å². The van der Waals surface area contributed by atoms with Crippen LogP contribution in [-0.4, -0.2) is 48.2 Å². The van der Waals surface area contributed by atoms with Gasteiger partial charge in [-0.05, 0) is 73.4 Å². The zero-order valence-corrected chi connectivity index (χ0v) is 23.2. The van der Waals surface area contributed by atoms with Gasteiger partial charge in [-0.25, -0.2) is 8.78 Å². The number of nitrogens with zero attached hydrogens (tertiary/aromatic N) is 5. The summed E-state index contributed by atoms with van der Waals surface area (Å²) in [5.41, 5.74) is 3.57. The molecular formula is C31H36F2N6O. The maximum absolute atomic E-state index is 14.3. The molecule has 7 nitrogen and oxygen atoms in total. The number of aryl methyl sites for hydroxylation is 1. The molecule has 2 aliphatic carbocycles. The number of pyridine rings is 1. The number of hydrogen-bond donors (Lipinski definition) is 1. The molecule has 9 heteroatoms. The smallest absolute Gasteiger partial charge is 0.279 e. The lowest BCUT2D eigenvalue weighted by Crippen LogP contribution is -2.51. The molecule has 0 unspecified atom stereocenters. The van der Waals surface area contributed by atoms with Crippen molar-refractivity contribution < 1.29 is 8.78 Å². The third-order valence-electron chi connectivity index (χ3n) is 9.27. The Morgan fingerprint density at radius 2 is 1.98 bits per heavy atom. The Labute approximate surface area is 232 Å². The highest BCUT2D eigenvalue weighted by atomic mass is 19.3. The Hall–Kier alpha value is -3.33. The zero-order chi connectivity index (χ0) is 27.6. The van der Waals surface area contributed by atoms with Crippen LogP contribution in [0, 0.1) is 5.92 Å². The summed E-state index contributed by atoms with van der Waals surface area (Å²) in [6, 6.07) is 9.79. The number of nitrogens with one attached hydrogen (secondary N) is 1. The van der Waals surface area contributed by atoms with Crippen LogP contribution in [0.4, 0.5) is 8.78 Å². The number of fused-ring (bicyclic) bond motifs is 1. The Bertz CT molecular complexity index is 1620. The number of alkyl halides is 2. The van der Waals surface area contributed by atoms with Gasteiger partial charge in [-0.2, -0.15) is 0 Å². The fourth-order valence-corrected chi connectivity index (χ4v) is 7.09. The summed E-state index contributed by atoms with van der Waals surface area (Å²) in [6.07, 6.45) is 8.20. The average Bonchev–Trinajstić information content (AvgIpc) is 3.54. The van der Waals surface area contributed by atoms with E-state index in [4.69, 9.17) is 0 Å². The number of rotatable bonds is 7. The Kier molecular flexibility index (Phi) is 6.00. The highest BCUT2D eigenvalue weighted by Crippen LogP contribution is 2.55. The first-order valence-electron chi connectivity index (χ1n) is 14.5. The SMILES string of the molecule is C[C@H]1CCCN(Cc2cc3c(C4CC4)cn(-c4cccc(C5(Cc6nncn6C)CC(F)(F)C5)c4)c(=O)c3[nH]2)C1. The van der Waals surface area contributed by atoms with E-state index in [0.29, 0.717) is 35.3 Å². The fraction of sp³-hybridized carbons (Fsp3) is 0.516. The molecule has 0 spiro atoms. The molecule has 3 fully saturated rings. The van der Waals surface area contributed by atoms with Gasteiger partial charge in [-0.15, -0.1) is 10.2 Å². The quantitative estimate of drug-likeness (QED) is 0.334. The van der Waals surface area contributed by atoms with Crippen molar-refractivity contribution in [3.8, 4) is 5.69 Å². The molecule has 0 bridgehead atoms. The summed E-state index contributed by atoms with van der Waals surface area (Å²) >= 11 is 0. The molecule has 4 aromatic rings. The topological polar surface area (TPSA) is 71.7 Å². The summed E-state index contributed by atoms with van der Waals surface area (Å²) in [5.74, 6) is -0.894. The number of piperidine rings is 1. The van der Waals surface area contributed by atoms with Crippen LogP contribution in [0.1, 0.15) is 74.0 Å². The lowest BCUT2D eigenvalue weighted by molar-refractivity contribution is -0.127. The molecule has 3 aliphatic rings. The molecule has 1 atom stereocenters. The highest BCUT2D eigenvalue weighted by molar-refractivity contribution is 5.84. The molecule has 7 rings (SSSR count). The van der Waals surface area contributed by atoms with Crippen LogP contribution in [0.25, 0.3) is 16.6 Å². The van der Waals surface area contributed by atoms with E-state index in [0.717, 1.165) is 49.1 Å². The maximum Gasteiger partial charge on any atom is 0.279 e. The molecule has 210 valence electrons. The molecular weight excluding hydrogens is 510 g/mol. The van der Waals surface area contributed by atoms with Crippen LogP contribution >= 0.6 is 0 Å². The van der Waals surface area contributed by atoms with Crippen LogP contribution in [0.3, 0.4) is 0 Å². The Morgan fingerprint density at radius 1 is 1.15 bits per heavy atom. The van der Waals surface area contributed by atoms with Crippen molar-refractivity contribution in [3.05, 3.63) is 75.9 Å². The number of halogens is 2. The largest absolute Gasteiger partial charge is 0.353 e. The van der Waals surface area contributed by atoms with Gasteiger partial charge < -0.3 is 9.55 Å². The van der Waals surface area contributed by atoms with Crippen LogP contribution in [-0.2, 0) is 25.4 Å². The molecule has 0 radical (unpaired) electrons. The van der Waals surface area contributed by atoms with E-state index in [-0.39, 0.29) is 18.4 Å². The maximum atomic E-state index is 14.3. The average molecular weight is 547 g/mol. The van der Waals surface area contributed by atoms with E-state index in [1.807, 2.05) is 37.5 Å². The lowest BCUT2D eigenvalue weighted by atomic mass is 9.60. The summed E-state index contributed by atoms with van der Waals surface area (Å²) in [5, 5.41) is 9.15. The minimum Gasteiger partial charge on any atom is -0.353 e. The van der Waals surface area contributed by atoms with Crippen LogP contribution in [0.15, 0.2) is 47.7 Å². The van der Waals surface area contributed by atoms with Crippen molar-refractivity contribution in [2.45, 2.75) is 75.7 Å². The second-order valence-electron chi connectivity index (χ2n) is 12.7. The first-order valence-corrected chi connectivity index (χ1v) is 14.5. The minimum absolute atomic E-state index is 0.101. The fourth-order valence-electron chi connectivity index (χ4n) is 7.09. The van der Waals surface area contributed by atoms with Gasteiger partial charge in [0.15, 0.2) is 0 Å². The molecule has 1 aliphatic heterocycles. The molecule has 2 saturated carbocycles. The third-order valence-corrected chi connectivity index (χ3v) is 9.27. The van der Waals surface area contributed by atoms with E-state index in [9.17, 15) is 13.6 Å². The third kappa shape index (κ3) is 4.58. The number of likely N-dealkylation sites (tertiary alicyclic amines) is 1. The van der Waals surface area contributed by atoms with Crippen molar-refractivity contribution in [1.29, 1.82) is 0 Å². The molecule has 40 heavy (non-hydrogen) atoms. The summed E-state index contributed by atoms with van der Waals surface area (Å²) in [4.78, 5) is 19.9. The number of benzene rings is 1. The normalized spacial score (nSPS) is 22.4. The molecule has 1 N–H and O–H groups in total. The van der Waals surface area contributed by atoms with E-state index in [1.165, 1.54) is 18.4 Å². The van der Waals surface area contributed by atoms with Crippen molar-refractivity contribution in [2.24, 2.45) is 13.0 Å². The Morgan fingerprint density at radius 3 is 2.67 bits per heavy atom. The number of aromatic nitrogens is 5. The van der Waals surface area contributed by atoms with Crippen LogP contribution in [0.2, 0.25) is 0 Å². The Balaban J connectivity index is 1.27. The molecule has 0 amide bonds. The van der Waals surface area contributed by atoms with Gasteiger partial charge >= 0.3 is 0 Å². The van der Waals surface area contributed by atoms with E-state index in [1.54, 1.807) is 15.5 Å². The number of hydrogen-bond acceptors (Lipinski definition) is 4. The van der Waals surface area contributed by atoms with Gasteiger partial charge in [0.05, 0.1) is 0 Å². The predicted molar refractivity (Wildman–Crippen MR) is 150 cm³/mol. The summed E-state index contributed by atoms with van der Waals surface area (Å²) in [7, 11) is 1.83. The second kappa shape index (κ2) is 9.36.